The molecule has 0 bridgehead atoms. The molecule has 2 rings (SSSR count). The van der Waals surface area contributed by atoms with Gasteiger partial charge in [0.05, 0.1) is 6.42 Å². The third-order valence-corrected chi connectivity index (χ3v) is 4.71. The van der Waals surface area contributed by atoms with E-state index in [4.69, 9.17) is 5.11 Å². The molecular weight excluding hydrogens is 218 g/mol. The van der Waals surface area contributed by atoms with Crippen LogP contribution < -0.4 is 0 Å². The van der Waals surface area contributed by atoms with Crippen molar-refractivity contribution >= 4 is 29.1 Å². The Labute approximate surface area is 90.6 Å². The largest absolute Gasteiger partial charge is 0.481 e. The van der Waals surface area contributed by atoms with E-state index in [1.54, 1.807) is 29.3 Å². The highest BCUT2D eigenvalue weighted by Crippen LogP contribution is 2.52. The average molecular weight is 229 g/mol. The summed E-state index contributed by atoms with van der Waals surface area (Å²) in [6.45, 7) is 0. The number of nitrogens with zero attached hydrogens (tertiary/aromatic N) is 1. The number of rotatable bonds is 5. The van der Waals surface area contributed by atoms with Crippen molar-refractivity contribution in [2.45, 2.75) is 23.6 Å². The van der Waals surface area contributed by atoms with Gasteiger partial charge in [0.1, 0.15) is 4.34 Å². The number of thiazole rings is 1. The number of aromatic nitrogens is 1. The Morgan fingerprint density at radius 2 is 2.50 bits per heavy atom. The van der Waals surface area contributed by atoms with Gasteiger partial charge in [-0.2, -0.15) is 0 Å². The SMILES string of the molecule is O=C(O)CC1(CSc2nccs2)CC1. The molecule has 1 aromatic rings. The van der Waals surface area contributed by atoms with Gasteiger partial charge in [-0.25, -0.2) is 4.98 Å². The van der Waals surface area contributed by atoms with Gasteiger partial charge in [-0.3, -0.25) is 4.79 Å². The fourth-order valence-corrected chi connectivity index (χ4v) is 3.30. The highest BCUT2D eigenvalue weighted by Gasteiger charge is 2.44. The van der Waals surface area contributed by atoms with E-state index >= 15 is 0 Å². The molecule has 1 heterocycles. The Kier molecular flexibility index (Phi) is 2.78. The van der Waals surface area contributed by atoms with Crippen molar-refractivity contribution in [1.29, 1.82) is 0 Å². The van der Waals surface area contributed by atoms with Crippen LogP contribution in [0.25, 0.3) is 0 Å². The molecule has 1 saturated carbocycles. The van der Waals surface area contributed by atoms with Gasteiger partial charge >= 0.3 is 5.97 Å². The zero-order valence-corrected chi connectivity index (χ0v) is 9.24. The lowest BCUT2D eigenvalue weighted by Crippen LogP contribution is -2.10. The molecule has 0 aromatic carbocycles. The first kappa shape index (κ1) is 9.98. The average Bonchev–Trinajstić information content (AvgIpc) is 2.68. The molecule has 1 aromatic heterocycles. The molecule has 0 amide bonds. The Hall–Kier alpha value is -0.550. The second-order valence-electron chi connectivity index (χ2n) is 3.66. The second kappa shape index (κ2) is 3.90. The predicted molar refractivity (Wildman–Crippen MR) is 56.8 cm³/mol. The summed E-state index contributed by atoms with van der Waals surface area (Å²) in [6, 6.07) is 0. The fraction of sp³-hybridized carbons (Fsp3) is 0.556. The van der Waals surface area contributed by atoms with Crippen LogP contribution in [0.4, 0.5) is 0 Å². The minimum absolute atomic E-state index is 0.0716. The summed E-state index contributed by atoms with van der Waals surface area (Å²) in [5.41, 5.74) is 0.0716. The lowest BCUT2D eigenvalue weighted by Gasteiger charge is -2.09. The third kappa shape index (κ3) is 2.48. The van der Waals surface area contributed by atoms with Gasteiger partial charge in [-0.05, 0) is 18.3 Å². The maximum Gasteiger partial charge on any atom is 0.303 e. The van der Waals surface area contributed by atoms with Gasteiger partial charge in [0.2, 0.25) is 0 Å². The summed E-state index contributed by atoms with van der Waals surface area (Å²) in [5.74, 6) is 0.217. The third-order valence-electron chi connectivity index (χ3n) is 2.39. The van der Waals surface area contributed by atoms with E-state index in [1.807, 2.05) is 5.38 Å². The van der Waals surface area contributed by atoms with Crippen molar-refractivity contribution in [1.82, 2.24) is 4.98 Å². The van der Waals surface area contributed by atoms with Crippen molar-refractivity contribution in [2.75, 3.05) is 5.75 Å². The number of carbonyl (C=O) groups is 1. The Balaban J connectivity index is 1.83. The van der Waals surface area contributed by atoms with Gasteiger partial charge < -0.3 is 5.11 Å². The van der Waals surface area contributed by atoms with Crippen LogP contribution >= 0.6 is 23.1 Å². The standard InChI is InChI=1S/C9H11NO2S2/c11-7(12)5-9(1-2-9)6-14-8-10-3-4-13-8/h3-4H,1-2,5-6H2,(H,11,12). The molecule has 5 heteroatoms. The molecule has 1 aliphatic rings. The molecule has 0 spiro atoms. The van der Waals surface area contributed by atoms with E-state index in [0.29, 0.717) is 6.42 Å². The van der Waals surface area contributed by atoms with Gasteiger partial charge in [0.25, 0.3) is 0 Å². The van der Waals surface area contributed by atoms with Crippen LogP contribution in [0.2, 0.25) is 0 Å². The first-order valence-electron chi connectivity index (χ1n) is 4.44. The van der Waals surface area contributed by atoms with Crippen LogP contribution in [0.3, 0.4) is 0 Å². The van der Waals surface area contributed by atoms with E-state index in [9.17, 15) is 4.79 Å². The summed E-state index contributed by atoms with van der Waals surface area (Å²) < 4.78 is 1.04. The second-order valence-corrected chi connectivity index (χ2v) is 5.77. The summed E-state index contributed by atoms with van der Waals surface area (Å²) >= 11 is 3.30. The normalized spacial score (nSPS) is 18.0. The molecule has 1 N–H and O–H groups in total. The number of aliphatic carboxylic acids is 1. The van der Waals surface area contributed by atoms with Crippen LogP contribution in [0.1, 0.15) is 19.3 Å². The molecule has 0 aliphatic heterocycles. The molecule has 76 valence electrons. The molecular formula is C9H11NO2S2. The van der Waals surface area contributed by atoms with E-state index in [2.05, 4.69) is 4.98 Å². The number of hydrogen-bond acceptors (Lipinski definition) is 4. The Morgan fingerprint density at radius 1 is 1.71 bits per heavy atom. The maximum absolute atomic E-state index is 10.6. The topological polar surface area (TPSA) is 50.2 Å². The Bertz CT molecular complexity index is 320. The molecule has 1 aliphatic carbocycles. The van der Waals surface area contributed by atoms with Crippen molar-refractivity contribution in [2.24, 2.45) is 5.41 Å². The van der Waals surface area contributed by atoms with Gasteiger partial charge in [0.15, 0.2) is 0 Å². The molecule has 14 heavy (non-hydrogen) atoms. The molecule has 1 fully saturated rings. The Morgan fingerprint density at radius 3 is 3.00 bits per heavy atom. The molecule has 0 atom stereocenters. The summed E-state index contributed by atoms with van der Waals surface area (Å²) in [4.78, 5) is 14.8. The number of hydrogen-bond donors (Lipinski definition) is 1. The summed E-state index contributed by atoms with van der Waals surface area (Å²) in [6.07, 6.45) is 4.20. The van der Waals surface area contributed by atoms with Crippen LogP contribution in [0.5, 0.6) is 0 Å². The minimum atomic E-state index is -0.678. The van der Waals surface area contributed by atoms with Crippen LogP contribution in [-0.2, 0) is 4.79 Å². The molecule has 3 nitrogen and oxygen atoms in total. The number of carboxylic acid groups (broad SMARTS) is 1. The predicted octanol–water partition coefficient (Wildman–Crippen LogP) is 2.49. The highest BCUT2D eigenvalue weighted by atomic mass is 32.2. The van der Waals surface area contributed by atoms with Gasteiger partial charge in [0, 0.05) is 17.3 Å². The van der Waals surface area contributed by atoms with E-state index in [1.165, 1.54) is 0 Å². The fourth-order valence-electron chi connectivity index (χ4n) is 1.37. The first-order valence-corrected chi connectivity index (χ1v) is 6.31. The van der Waals surface area contributed by atoms with Gasteiger partial charge in [-0.15, -0.1) is 11.3 Å². The monoisotopic (exact) mass is 229 g/mol. The number of carboxylic acids is 1. The van der Waals surface area contributed by atoms with Crippen molar-refractivity contribution < 1.29 is 9.90 Å². The van der Waals surface area contributed by atoms with Crippen molar-refractivity contribution in [3.05, 3.63) is 11.6 Å². The lowest BCUT2D eigenvalue weighted by atomic mass is 10.1. The summed E-state index contributed by atoms with van der Waals surface area (Å²) in [5, 5.41) is 10.7. The van der Waals surface area contributed by atoms with E-state index in [0.717, 1.165) is 22.9 Å². The zero-order valence-electron chi connectivity index (χ0n) is 7.60. The quantitative estimate of drug-likeness (QED) is 0.788. The highest BCUT2D eigenvalue weighted by molar-refractivity contribution is 8.01. The lowest BCUT2D eigenvalue weighted by molar-refractivity contribution is -0.138. The molecule has 0 radical (unpaired) electrons. The van der Waals surface area contributed by atoms with E-state index in [-0.39, 0.29) is 5.41 Å². The van der Waals surface area contributed by atoms with E-state index < -0.39 is 5.97 Å². The number of thioether (sulfide) groups is 1. The van der Waals surface area contributed by atoms with Crippen molar-refractivity contribution in [3.63, 3.8) is 0 Å². The summed E-state index contributed by atoms with van der Waals surface area (Å²) in [7, 11) is 0. The smallest absolute Gasteiger partial charge is 0.303 e. The van der Waals surface area contributed by atoms with Crippen LogP contribution in [-0.4, -0.2) is 21.8 Å². The van der Waals surface area contributed by atoms with Gasteiger partial charge in [-0.1, -0.05) is 11.8 Å². The van der Waals surface area contributed by atoms with Crippen LogP contribution in [0.15, 0.2) is 15.9 Å². The molecule has 0 saturated heterocycles. The first-order chi connectivity index (χ1) is 6.70. The van der Waals surface area contributed by atoms with Crippen molar-refractivity contribution in [3.8, 4) is 0 Å². The molecule has 0 unspecified atom stereocenters. The maximum atomic E-state index is 10.6. The van der Waals surface area contributed by atoms with Crippen LogP contribution in [0, 0.1) is 5.41 Å². The zero-order chi connectivity index (χ0) is 10.0. The minimum Gasteiger partial charge on any atom is -0.481 e.